The Bertz CT molecular complexity index is 1080. The largest absolute Gasteiger partial charge is 0.396 e. The molecule has 3 N–H and O–H groups in total. The first kappa shape index (κ1) is 20.1. The van der Waals surface area contributed by atoms with Crippen molar-refractivity contribution < 1.29 is 5.11 Å². The van der Waals surface area contributed by atoms with Gasteiger partial charge in [0.2, 0.25) is 5.95 Å². The maximum absolute atomic E-state index is 9.65. The highest BCUT2D eigenvalue weighted by atomic mass is 16.3. The molecule has 2 aliphatic heterocycles. The molecule has 2 aliphatic rings. The van der Waals surface area contributed by atoms with Gasteiger partial charge in [0.05, 0.1) is 6.61 Å². The van der Waals surface area contributed by atoms with Crippen molar-refractivity contribution in [3.8, 4) is 0 Å². The molecule has 1 fully saturated rings. The van der Waals surface area contributed by atoms with Crippen molar-refractivity contribution in [2.75, 3.05) is 36.5 Å². The predicted molar refractivity (Wildman–Crippen MR) is 122 cm³/mol. The molecule has 0 saturated carbocycles. The molecule has 5 heterocycles. The van der Waals surface area contributed by atoms with E-state index < -0.39 is 0 Å². The average Bonchev–Trinajstić information content (AvgIpc) is 2.83. The molecule has 5 rings (SSSR count). The average molecular weight is 420 g/mol. The van der Waals surface area contributed by atoms with Crippen LogP contribution in [0.1, 0.15) is 49.1 Å². The van der Waals surface area contributed by atoms with Crippen molar-refractivity contribution in [2.45, 2.75) is 45.1 Å². The highest BCUT2D eigenvalue weighted by Crippen LogP contribution is 2.30. The number of aliphatic hydroxyl groups excluding tert-OH is 1. The number of pyridine rings is 2. The zero-order chi connectivity index (χ0) is 21.2. The van der Waals surface area contributed by atoms with Crippen molar-refractivity contribution in [3.63, 3.8) is 0 Å². The van der Waals surface area contributed by atoms with Gasteiger partial charge in [0, 0.05) is 61.5 Å². The van der Waals surface area contributed by atoms with Crippen LogP contribution in [0.4, 0.5) is 17.6 Å². The smallest absolute Gasteiger partial charge is 0.229 e. The van der Waals surface area contributed by atoms with E-state index in [9.17, 15) is 5.11 Å². The lowest BCUT2D eigenvalue weighted by Crippen LogP contribution is -2.31. The van der Waals surface area contributed by atoms with Crippen LogP contribution in [0, 0.1) is 0 Å². The Hall–Kier alpha value is -2.84. The molecule has 162 valence electrons. The number of hydrogen-bond donors (Lipinski definition) is 3. The van der Waals surface area contributed by atoms with Gasteiger partial charge in [-0.15, -0.1) is 0 Å². The summed E-state index contributed by atoms with van der Waals surface area (Å²) in [4.78, 5) is 21.4. The van der Waals surface area contributed by atoms with E-state index in [1.54, 1.807) is 0 Å². The van der Waals surface area contributed by atoms with Crippen LogP contribution in [-0.4, -0.2) is 51.3 Å². The quantitative estimate of drug-likeness (QED) is 0.581. The van der Waals surface area contributed by atoms with Crippen LogP contribution in [-0.2, 0) is 13.0 Å². The van der Waals surface area contributed by atoms with Crippen LogP contribution in [0.3, 0.4) is 0 Å². The Balaban J connectivity index is 1.51. The molecular weight excluding hydrogens is 390 g/mol. The van der Waals surface area contributed by atoms with Crippen LogP contribution in [0.5, 0.6) is 0 Å². The topological polar surface area (TPSA) is 99.1 Å². The summed E-state index contributed by atoms with van der Waals surface area (Å²) in [6.45, 7) is 5.84. The number of anilines is 3. The maximum atomic E-state index is 9.65. The monoisotopic (exact) mass is 419 g/mol. The second-order valence-corrected chi connectivity index (χ2v) is 8.49. The molecule has 8 nitrogen and oxygen atoms in total. The van der Waals surface area contributed by atoms with Gasteiger partial charge in [-0.1, -0.05) is 13.0 Å². The van der Waals surface area contributed by atoms with E-state index in [0.717, 1.165) is 79.4 Å². The van der Waals surface area contributed by atoms with Gasteiger partial charge in [0.15, 0.2) is 5.82 Å². The molecule has 0 aliphatic carbocycles. The lowest BCUT2D eigenvalue weighted by atomic mass is 10.1. The van der Waals surface area contributed by atoms with E-state index in [-0.39, 0.29) is 12.5 Å². The van der Waals surface area contributed by atoms with Gasteiger partial charge in [-0.3, -0.25) is 0 Å². The Labute approximate surface area is 182 Å². The molecular formula is C23H29N7O. The SMILES string of the molecule is CC(CO)c1cc2cnc(Nc3ccc4c(n3)CCNC4)nc2c(N2CCCCC2)n1. The van der Waals surface area contributed by atoms with Crippen molar-refractivity contribution in [1.29, 1.82) is 0 Å². The van der Waals surface area contributed by atoms with Gasteiger partial charge in [-0.2, -0.15) is 0 Å². The first-order chi connectivity index (χ1) is 15.2. The third-order valence-corrected chi connectivity index (χ3v) is 6.16. The molecule has 1 unspecified atom stereocenters. The van der Waals surface area contributed by atoms with E-state index >= 15 is 0 Å². The van der Waals surface area contributed by atoms with E-state index in [1.807, 2.05) is 25.3 Å². The molecule has 31 heavy (non-hydrogen) atoms. The van der Waals surface area contributed by atoms with Crippen LogP contribution < -0.4 is 15.5 Å². The third kappa shape index (κ3) is 4.18. The Kier molecular flexibility index (Phi) is 5.65. The fourth-order valence-electron chi connectivity index (χ4n) is 4.30. The first-order valence-corrected chi connectivity index (χ1v) is 11.2. The maximum Gasteiger partial charge on any atom is 0.229 e. The number of nitrogens with zero attached hydrogens (tertiary/aromatic N) is 5. The van der Waals surface area contributed by atoms with Gasteiger partial charge >= 0.3 is 0 Å². The molecule has 8 heteroatoms. The molecule has 0 spiro atoms. The summed E-state index contributed by atoms with van der Waals surface area (Å²) >= 11 is 0. The Morgan fingerprint density at radius 1 is 1.16 bits per heavy atom. The minimum absolute atomic E-state index is 0.0278. The summed E-state index contributed by atoms with van der Waals surface area (Å²) in [5.74, 6) is 2.15. The summed E-state index contributed by atoms with van der Waals surface area (Å²) in [5.41, 5.74) is 4.10. The number of aromatic nitrogens is 4. The van der Waals surface area contributed by atoms with Crippen LogP contribution >= 0.6 is 0 Å². The third-order valence-electron chi connectivity index (χ3n) is 6.16. The molecule has 0 bridgehead atoms. The highest BCUT2D eigenvalue weighted by molar-refractivity contribution is 5.89. The van der Waals surface area contributed by atoms with Gasteiger partial charge in [-0.05, 0) is 37.0 Å². The molecule has 3 aromatic rings. The molecule has 0 amide bonds. The lowest BCUT2D eigenvalue weighted by Gasteiger charge is -2.29. The van der Waals surface area contributed by atoms with E-state index in [4.69, 9.17) is 15.0 Å². The van der Waals surface area contributed by atoms with Crippen LogP contribution in [0.15, 0.2) is 24.4 Å². The normalized spacial score (nSPS) is 17.4. The number of aliphatic hydroxyl groups is 1. The highest BCUT2D eigenvalue weighted by Gasteiger charge is 2.20. The number of hydrogen-bond acceptors (Lipinski definition) is 8. The number of rotatable bonds is 5. The van der Waals surface area contributed by atoms with Gasteiger partial charge in [-0.25, -0.2) is 19.9 Å². The summed E-state index contributed by atoms with van der Waals surface area (Å²) in [6, 6.07) is 6.09. The Morgan fingerprint density at radius 3 is 2.87 bits per heavy atom. The van der Waals surface area contributed by atoms with Gasteiger partial charge < -0.3 is 20.6 Å². The van der Waals surface area contributed by atoms with Crippen molar-refractivity contribution in [1.82, 2.24) is 25.3 Å². The van der Waals surface area contributed by atoms with Crippen molar-refractivity contribution in [2.24, 2.45) is 0 Å². The fourth-order valence-corrected chi connectivity index (χ4v) is 4.30. The first-order valence-electron chi connectivity index (χ1n) is 11.2. The van der Waals surface area contributed by atoms with E-state index in [2.05, 4.69) is 26.6 Å². The van der Waals surface area contributed by atoms with E-state index in [1.165, 1.54) is 12.0 Å². The zero-order valence-electron chi connectivity index (χ0n) is 17.9. The molecule has 0 radical (unpaired) electrons. The standard InChI is InChI=1S/C23H29N7O/c1-15(14-31)19-11-17-13-25-23(28-20-6-5-16-12-24-8-7-18(16)26-20)29-21(17)22(27-19)30-9-3-2-4-10-30/h5-6,11,13,15,24,31H,2-4,7-10,12,14H2,1H3,(H,25,26,28,29). The summed E-state index contributed by atoms with van der Waals surface area (Å²) in [7, 11) is 0. The minimum atomic E-state index is -0.0278. The molecule has 0 aromatic carbocycles. The predicted octanol–water partition coefficient (Wildman–Crippen LogP) is 2.90. The Morgan fingerprint density at radius 2 is 2.03 bits per heavy atom. The van der Waals surface area contributed by atoms with Crippen molar-refractivity contribution in [3.05, 3.63) is 41.3 Å². The van der Waals surface area contributed by atoms with Gasteiger partial charge in [0.1, 0.15) is 11.3 Å². The number of piperidine rings is 1. The molecule has 3 aromatic heterocycles. The van der Waals surface area contributed by atoms with Crippen molar-refractivity contribution >= 4 is 28.5 Å². The molecule has 1 saturated heterocycles. The second kappa shape index (κ2) is 8.72. The number of nitrogens with one attached hydrogen (secondary N) is 2. The second-order valence-electron chi connectivity index (χ2n) is 8.49. The summed E-state index contributed by atoms with van der Waals surface area (Å²) in [5, 5.41) is 17.3. The van der Waals surface area contributed by atoms with Crippen LogP contribution in [0.25, 0.3) is 10.9 Å². The lowest BCUT2D eigenvalue weighted by molar-refractivity contribution is 0.271. The minimum Gasteiger partial charge on any atom is -0.396 e. The zero-order valence-corrected chi connectivity index (χ0v) is 17.9. The summed E-state index contributed by atoms with van der Waals surface area (Å²) < 4.78 is 0. The van der Waals surface area contributed by atoms with E-state index in [0.29, 0.717) is 5.95 Å². The van der Waals surface area contributed by atoms with Gasteiger partial charge in [0.25, 0.3) is 0 Å². The van der Waals surface area contributed by atoms with Crippen LogP contribution in [0.2, 0.25) is 0 Å². The fraction of sp³-hybridized carbons (Fsp3) is 0.478. The summed E-state index contributed by atoms with van der Waals surface area (Å²) in [6.07, 6.45) is 6.34. The molecule has 1 atom stereocenters. The number of fused-ring (bicyclic) bond motifs is 2.